The van der Waals surface area contributed by atoms with Gasteiger partial charge in [0.2, 0.25) is 0 Å². The third-order valence-corrected chi connectivity index (χ3v) is 2.32. The number of hydrogen-bond acceptors (Lipinski definition) is 4. The highest BCUT2D eigenvalue weighted by molar-refractivity contribution is 9.10. The van der Waals surface area contributed by atoms with Gasteiger partial charge in [-0.25, -0.2) is 0 Å². The van der Waals surface area contributed by atoms with Crippen LogP contribution in [0.3, 0.4) is 0 Å². The van der Waals surface area contributed by atoms with Crippen LogP contribution in [0.5, 0.6) is 0 Å². The number of nitrogens with one attached hydrogen (secondary N) is 1. The maximum atomic E-state index is 10.9. The quantitative estimate of drug-likeness (QED) is 0.404. The lowest BCUT2D eigenvalue weighted by atomic mass is 10.4. The number of rotatable bonds is 8. The molecule has 0 bridgehead atoms. The molecule has 0 rings (SSSR count). The van der Waals surface area contributed by atoms with Gasteiger partial charge in [-0.15, -0.1) is 0 Å². The molecule has 0 aliphatic rings. The van der Waals surface area contributed by atoms with E-state index in [1.165, 1.54) is 7.11 Å². The van der Waals surface area contributed by atoms with E-state index in [2.05, 4.69) is 26.0 Å². The summed E-state index contributed by atoms with van der Waals surface area (Å²) in [6.45, 7) is 4.91. The average Bonchev–Trinajstić information content (AvgIpc) is 2.21. The molecule has 0 aromatic carbocycles. The summed E-state index contributed by atoms with van der Waals surface area (Å²) >= 11 is 3.22. The topological polar surface area (TPSA) is 47.6 Å². The summed E-state index contributed by atoms with van der Waals surface area (Å²) in [5, 5.41) is 3.13. The Balaban J connectivity index is 3.23. The van der Waals surface area contributed by atoms with Crippen LogP contribution in [0.1, 0.15) is 13.3 Å². The van der Waals surface area contributed by atoms with Gasteiger partial charge < -0.3 is 14.8 Å². The molecule has 0 aliphatic heterocycles. The predicted octanol–water partition coefficient (Wildman–Crippen LogP) is 0.939. The molecule has 0 aliphatic carbocycles. The Hall–Kier alpha value is -0.130. The number of methoxy groups -OCH3 is 1. The van der Waals surface area contributed by atoms with E-state index >= 15 is 0 Å². The SMILES string of the molecule is CCOCCCNCC(Br)C(=O)OC. The van der Waals surface area contributed by atoms with Crippen LogP contribution < -0.4 is 5.32 Å². The summed E-state index contributed by atoms with van der Waals surface area (Å²) in [6.07, 6.45) is 0.953. The number of esters is 1. The molecular formula is C9H18BrNO3. The molecule has 0 saturated heterocycles. The normalized spacial score (nSPS) is 12.5. The van der Waals surface area contributed by atoms with Crippen LogP contribution in [0.2, 0.25) is 0 Å². The molecule has 1 N–H and O–H groups in total. The van der Waals surface area contributed by atoms with Gasteiger partial charge in [-0.3, -0.25) is 4.79 Å². The molecule has 0 aromatic rings. The van der Waals surface area contributed by atoms with Crippen molar-refractivity contribution in [3.8, 4) is 0 Å². The number of halogens is 1. The van der Waals surface area contributed by atoms with Gasteiger partial charge in [0.15, 0.2) is 0 Å². The molecule has 0 spiro atoms. The summed E-state index contributed by atoms with van der Waals surface area (Å²) < 4.78 is 9.72. The standard InChI is InChI=1S/C9H18BrNO3/c1-3-14-6-4-5-11-7-8(10)9(12)13-2/h8,11H,3-7H2,1-2H3. The van der Waals surface area contributed by atoms with Gasteiger partial charge in [0.05, 0.1) is 7.11 Å². The first-order valence-electron chi connectivity index (χ1n) is 4.72. The summed E-state index contributed by atoms with van der Waals surface area (Å²) in [5.41, 5.74) is 0. The summed E-state index contributed by atoms with van der Waals surface area (Å²) in [4.78, 5) is 10.7. The van der Waals surface area contributed by atoms with Crippen molar-refractivity contribution in [2.45, 2.75) is 18.2 Å². The largest absolute Gasteiger partial charge is 0.468 e. The fourth-order valence-corrected chi connectivity index (χ4v) is 1.30. The Morgan fingerprint density at radius 2 is 2.29 bits per heavy atom. The third-order valence-electron chi connectivity index (χ3n) is 1.63. The lowest BCUT2D eigenvalue weighted by Gasteiger charge is -2.08. The Bertz CT molecular complexity index is 155. The average molecular weight is 268 g/mol. The second-order valence-corrected chi connectivity index (χ2v) is 3.85. The van der Waals surface area contributed by atoms with Crippen molar-refractivity contribution in [2.24, 2.45) is 0 Å². The molecule has 1 unspecified atom stereocenters. The first-order valence-corrected chi connectivity index (χ1v) is 5.64. The molecule has 0 radical (unpaired) electrons. The van der Waals surface area contributed by atoms with Crippen molar-refractivity contribution in [3.63, 3.8) is 0 Å². The van der Waals surface area contributed by atoms with Gasteiger partial charge in [0.1, 0.15) is 4.83 Å². The molecule has 5 heteroatoms. The minimum absolute atomic E-state index is 0.248. The van der Waals surface area contributed by atoms with E-state index in [4.69, 9.17) is 4.74 Å². The van der Waals surface area contributed by atoms with Crippen molar-refractivity contribution in [2.75, 3.05) is 33.4 Å². The van der Waals surface area contributed by atoms with Gasteiger partial charge in [-0.1, -0.05) is 15.9 Å². The molecule has 0 heterocycles. The second-order valence-electron chi connectivity index (χ2n) is 2.75. The Morgan fingerprint density at radius 3 is 2.86 bits per heavy atom. The Labute approximate surface area is 93.5 Å². The molecule has 84 valence electrons. The maximum absolute atomic E-state index is 10.9. The molecule has 4 nitrogen and oxygen atoms in total. The molecular weight excluding hydrogens is 250 g/mol. The van der Waals surface area contributed by atoms with E-state index in [1.807, 2.05) is 6.92 Å². The van der Waals surface area contributed by atoms with E-state index < -0.39 is 0 Å². The Kier molecular flexibility index (Phi) is 9.34. The van der Waals surface area contributed by atoms with Crippen LogP contribution in [0.15, 0.2) is 0 Å². The predicted molar refractivity (Wildman–Crippen MR) is 58.7 cm³/mol. The first-order chi connectivity index (χ1) is 6.72. The second kappa shape index (κ2) is 9.43. The van der Waals surface area contributed by atoms with E-state index in [9.17, 15) is 4.79 Å². The first kappa shape index (κ1) is 13.9. The fourth-order valence-electron chi connectivity index (χ4n) is 0.884. The zero-order valence-corrected chi connectivity index (χ0v) is 10.3. The van der Waals surface area contributed by atoms with Crippen molar-refractivity contribution in [1.82, 2.24) is 5.32 Å². The highest BCUT2D eigenvalue weighted by Gasteiger charge is 2.13. The minimum atomic E-state index is -0.264. The van der Waals surface area contributed by atoms with E-state index in [0.717, 1.165) is 26.2 Å². The zero-order chi connectivity index (χ0) is 10.8. The van der Waals surface area contributed by atoms with Gasteiger partial charge in [-0.2, -0.15) is 0 Å². The van der Waals surface area contributed by atoms with Crippen LogP contribution in [-0.2, 0) is 14.3 Å². The number of carbonyl (C=O) groups excluding carboxylic acids is 1. The Morgan fingerprint density at radius 1 is 1.57 bits per heavy atom. The van der Waals surface area contributed by atoms with E-state index in [-0.39, 0.29) is 10.8 Å². The highest BCUT2D eigenvalue weighted by Crippen LogP contribution is 1.99. The van der Waals surface area contributed by atoms with Crippen molar-refractivity contribution < 1.29 is 14.3 Å². The summed E-state index contributed by atoms with van der Waals surface area (Å²) in [6, 6.07) is 0. The number of hydrogen-bond donors (Lipinski definition) is 1. The van der Waals surface area contributed by atoms with Crippen LogP contribution in [0, 0.1) is 0 Å². The monoisotopic (exact) mass is 267 g/mol. The lowest BCUT2D eigenvalue weighted by Crippen LogP contribution is -2.30. The van der Waals surface area contributed by atoms with Gasteiger partial charge in [-0.05, 0) is 19.9 Å². The van der Waals surface area contributed by atoms with Crippen molar-refractivity contribution in [1.29, 1.82) is 0 Å². The molecule has 1 atom stereocenters. The number of carbonyl (C=O) groups is 1. The van der Waals surface area contributed by atoms with Crippen LogP contribution in [0.4, 0.5) is 0 Å². The van der Waals surface area contributed by atoms with E-state index in [1.54, 1.807) is 0 Å². The minimum Gasteiger partial charge on any atom is -0.468 e. The molecule has 14 heavy (non-hydrogen) atoms. The lowest BCUT2D eigenvalue weighted by molar-refractivity contribution is -0.139. The van der Waals surface area contributed by atoms with Crippen molar-refractivity contribution >= 4 is 21.9 Å². The highest BCUT2D eigenvalue weighted by atomic mass is 79.9. The summed E-state index contributed by atoms with van der Waals surface area (Å²) in [5.74, 6) is -0.248. The van der Waals surface area contributed by atoms with Gasteiger partial charge in [0, 0.05) is 19.8 Å². The molecule has 0 saturated carbocycles. The maximum Gasteiger partial charge on any atom is 0.320 e. The third kappa shape index (κ3) is 7.29. The molecule has 0 aromatic heterocycles. The summed E-state index contributed by atoms with van der Waals surface area (Å²) in [7, 11) is 1.38. The fraction of sp³-hybridized carbons (Fsp3) is 0.889. The van der Waals surface area contributed by atoms with Gasteiger partial charge >= 0.3 is 5.97 Å². The molecule has 0 amide bonds. The van der Waals surface area contributed by atoms with Gasteiger partial charge in [0.25, 0.3) is 0 Å². The number of ether oxygens (including phenoxy) is 2. The smallest absolute Gasteiger partial charge is 0.320 e. The molecule has 0 fully saturated rings. The van der Waals surface area contributed by atoms with Crippen molar-refractivity contribution in [3.05, 3.63) is 0 Å². The number of alkyl halides is 1. The van der Waals surface area contributed by atoms with Crippen LogP contribution in [0.25, 0.3) is 0 Å². The zero-order valence-electron chi connectivity index (χ0n) is 8.72. The van der Waals surface area contributed by atoms with E-state index in [0.29, 0.717) is 6.54 Å². The van der Waals surface area contributed by atoms with Crippen LogP contribution >= 0.6 is 15.9 Å². The van der Waals surface area contributed by atoms with Crippen LogP contribution in [-0.4, -0.2) is 44.2 Å².